The van der Waals surface area contributed by atoms with Gasteiger partial charge in [0, 0.05) is 19.0 Å². The minimum absolute atomic E-state index is 0.103. The number of aromatic nitrogens is 2. The maximum absolute atomic E-state index is 5.40. The third kappa shape index (κ3) is 4.36. The molecule has 0 spiro atoms. The Hall–Kier alpha value is -1.00. The molecule has 1 N–H and O–H groups in total. The molecular formula is C11H19N3O. The first kappa shape index (κ1) is 12.1. The second-order valence-electron chi connectivity index (χ2n) is 3.27. The molecule has 0 aliphatic rings. The van der Waals surface area contributed by atoms with Gasteiger partial charge in [-0.1, -0.05) is 6.92 Å². The molecule has 0 aromatic carbocycles. The molecule has 1 atom stereocenters. The summed E-state index contributed by atoms with van der Waals surface area (Å²) in [5, 5.41) is 3.37. The van der Waals surface area contributed by atoms with Gasteiger partial charge >= 0.3 is 0 Å². The summed E-state index contributed by atoms with van der Waals surface area (Å²) < 4.78 is 5.40. The minimum Gasteiger partial charge on any atom is -0.380 e. The van der Waals surface area contributed by atoms with Gasteiger partial charge in [0.25, 0.3) is 0 Å². The molecule has 84 valence electrons. The number of hydrogen-bond donors (Lipinski definition) is 1. The van der Waals surface area contributed by atoms with Gasteiger partial charge in [-0.25, -0.2) is 9.97 Å². The van der Waals surface area contributed by atoms with Crippen LogP contribution < -0.4 is 5.32 Å². The monoisotopic (exact) mass is 209 g/mol. The predicted molar refractivity (Wildman–Crippen MR) is 59.6 cm³/mol. The van der Waals surface area contributed by atoms with Crippen molar-refractivity contribution in [1.82, 2.24) is 15.3 Å². The van der Waals surface area contributed by atoms with Crippen LogP contribution in [0.1, 0.15) is 32.1 Å². The zero-order valence-electron chi connectivity index (χ0n) is 9.44. The molecule has 15 heavy (non-hydrogen) atoms. The number of hydrogen-bond acceptors (Lipinski definition) is 4. The summed E-state index contributed by atoms with van der Waals surface area (Å²) in [5.74, 6) is 0.805. The van der Waals surface area contributed by atoms with Crippen LogP contribution in [0.25, 0.3) is 0 Å². The SMILES string of the molecule is CCCNC(COCC)c1ncccn1. The molecule has 4 nitrogen and oxygen atoms in total. The number of nitrogens with zero attached hydrogens (tertiary/aromatic N) is 2. The van der Waals surface area contributed by atoms with E-state index < -0.39 is 0 Å². The van der Waals surface area contributed by atoms with Gasteiger partial charge in [0.1, 0.15) is 5.82 Å². The molecule has 1 unspecified atom stereocenters. The molecule has 0 bridgehead atoms. The lowest BCUT2D eigenvalue weighted by molar-refractivity contribution is 0.120. The molecule has 0 saturated carbocycles. The van der Waals surface area contributed by atoms with E-state index >= 15 is 0 Å². The van der Waals surface area contributed by atoms with E-state index in [9.17, 15) is 0 Å². The maximum Gasteiger partial charge on any atom is 0.147 e. The lowest BCUT2D eigenvalue weighted by Crippen LogP contribution is -2.28. The first-order chi connectivity index (χ1) is 7.38. The highest BCUT2D eigenvalue weighted by Gasteiger charge is 2.12. The van der Waals surface area contributed by atoms with E-state index in [1.807, 2.05) is 13.0 Å². The Kier molecular flexibility index (Phi) is 5.88. The first-order valence-corrected chi connectivity index (χ1v) is 5.46. The van der Waals surface area contributed by atoms with Gasteiger partial charge in [-0.2, -0.15) is 0 Å². The summed E-state index contributed by atoms with van der Waals surface area (Å²) in [7, 11) is 0. The third-order valence-electron chi connectivity index (χ3n) is 2.03. The summed E-state index contributed by atoms with van der Waals surface area (Å²) in [6, 6.07) is 1.92. The van der Waals surface area contributed by atoms with Crippen molar-refractivity contribution < 1.29 is 4.74 Å². The van der Waals surface area contributed by atoms with Gasteiger partial charge in [0.05, 0.1) is 12.6 Å². The molecular weight excluding hydrogens is 190 g/mol. The Morgan fingerprint density at radius 2 is 2.07 bits per heavy atom. The van der Waals surface area contributed by atoms with E-state index in [1.165, 1.54) is 0 Å². The number of nitrogens with one attached hydrogen (secondary N) is 1. The van der Waals surface area contributed by atoms with Crippen LogP contribution in [0.4, 0.5) is 0 Å². The van der Waals surface area contributed by atoms with Crippen molar-refractivity contribution in [1.29, 1.82) is 0 Å². The minimum atomic E-state index is 0.103. The lowest BCUT2D eigenvalue weighted by atomic mass is 10.2. The fourth-order valence-corrected chi connectivity index (χ4v) is 1.27. The van der Waals surface area contributed by atoms with Crippen LogP contribution in [-0.4, -0.2) is 29.7 Å². The van der Waals surface area contributed by atoms with Crippen LogP contribution in [0.15, 0.2) is 18.5 Å². The van der Waals surface area contributed by atoms with Crippen LogP contribution in [0.5, 0.6) is 0 Å². The number of ether oxygens (including phenoxy) is 1. The maximum atomic E-state index is 5.40. The number of rotatable bonds is 7. The van der Waals surface area contributed by atoms with Crippen molar-refractivity contribution in [2.45, 2.75) is 26.3 Å². The van der Waals surface area contributed by atoms with Gasteiger partial charge in [0.15, 0.2) is 0 Å². The van der Waals surface area contributed by atoms with Crippen LogP contribution in [-0.2, 0) is 4.74 Å². The first-order valence-electron chi connectivity index (χ1n) is 5.46. The molecule has 0 fully saturated rings. The normalized spacial score (nSPS) is 12.7. The van der Waals surface area contributed by atoms with E-state index in [0.717, 1.165) is 25.4 Å². The molecule has 1 aromatic rings. The summed E-state index contributed by atoms with van der Waals surface area (Å²) in [6.07, 6.45) is 4.61. The molecule has 0 radical (unpaired) electrons. The summed E-state index contributed by atoms with van der Waals surface area (Å²) in [4.78, 5) is 8.46. The average Bonchev–Trinajstić information content (AvgIpc) is 2.30. The van der Waals surface area contributed by atoms with Gasteiger partial charge in [-0.05, 0) is 26.0 Å². The molecule has 4 heteroatoms. The van der Waals surface area contributed by atoms with Crippen LogP contribution in [0.2, 0.25) is 0 Å². The van der Waals surface area contributed by atoms with Gasteiger partial charge in [0.2, 0.25) is 0 Å². The van der Waals surface area contributed by atoms with Gasteiger partial charge in [-0.15, -0.1) is 0 Å². The van der Waals surface area contributed by atoms with Crippen molar-refractivity contribution in [2.75, 3.05) is 19.8 Å². The van der Waals surface area contributed by atoms with Crippen molar-refractivity contribution in [3.8, 4) is 0 Å². The molecule has 0 amide bonds. The quantitative estimate of drug-likeness (QED) is 0.740. The van der Waals surface area contributed by atoms with E-state index in [4.69, 9.17) is 4.74 Å². The smallest absolute Gasteiger partial charge is 0.147 e. The predicted octanol–water partition coefficient (Wildman–Crippen LogP) is 1.55. The Bertz CT molecular complexity index is 245. The Balaban J connectivity index is 2.55. The topological polar surface area (TPSA) is 47.0 Å². The lowest BCUT2D eigenvalue weighted by Gasteiger charge is -2.16. The van der Waals surface area contributed by atoms with Gasteiger partial charge in [-0.3, -0.25) is 0 Å². The van der Waals surface area contributed by atoms with Crippen LogP contribution in [0, 0.1) is 0 Å². The van der Waals surface area contributed by atoms with Crippen LogP contribution >= 0.6 is 0 Å². The van der Waals surface area contributed by atoms with E-state index in [1.54, 1.807) is 12.4 Å². The van der Waals surface area contributed by atoms with Crippen molar-refractivity contribution in [2.24, 2.45) is 0 Å². The summed E-state index contributed by atoms with van der Waals surface area (Å²) in [5.41, 5.74) is 0. The molecule has 1 aromatic heterocycles. The fraction of sp³-hybridized carbons (Fsp3) is 0.636. The zero-order chi connectivity index (χ0) is 10.9. The highest BCUT2D eigenvalue weighted by Crippen LogP contribution is 2.06. The summed E-state index contributed by atoms with van der Waals surface area (Å²) in [6.45, 7) is 6.42. The Labute approximate surface area is 91.1 Å². The fourth-order valence-electron chi connectivity index (χ4n) is 1.27. The average molecular weight is 209 g/mol. The molecule has 1 heterocycles. The third-order valence-corrected chi connectivity index (χ3v) is 2.03. The second kappa shape index (κ2) is 7.31. The molecule has 0 aliphatic heterocycles. The van der Waals surface area contributed by atoms with Crippen molar-refractivity contribution >= 4 is 0 Å². The highest BCUT2D eigenvalue weighted by atomic mass is 16.5. The van der Waals surface area contributed by atoms with Crippen molar-refractivity contribution in [3.05, 3.63) is 24.3 Å². The standard InChI is InChI=1S/C11H19N3O/c1-3-6-12-10(9-15-4-2)11-13-7-5-8-14-11/h5,7-8,10,12H,3-4,6,9H2,1-2H3. The molecule has 0 saturated heterocycles. The van der Waals surface area contributed by atoms with E-state index in [0.29, 0.717) is 6.61 Å². The second-order valence-corrected chi connectivity index (χ2v) is 3.27. The highest BCUT2D eigenvalue weighted by molar-refractivity contribution is 4.95. The molecule has 0 aliphatic carbocycles. The summed E-state index contributed by atoms with van der Waals surface area (Å²) >= 11 is 0. The Morgan fingerprint density at radius 1 is 1.33 bits per heavy atom. The largest absolute Gasteiger partial charge is 0.380 e. The van der Waals surface area contributed by atoms with Gasteiger partial charge < -0.3 is 10.1 Å². The molecule has 1 rings (SSSR count). The zero-order valence-corrected chi connectivity index (χ0v) is 9.44. The van der Waals surface area contributed by atoms with Crippen molar-refractivity contribution in [3.63, 3.8) is 0 Å². The van der Waals surface area contributed by atoms with Crippen LogP contribution in [0.3, 0.4) is 0 Å². The van der Waals surface area contributed by atoms with E-state index in [-0.39, 0.29) is 6.04 Å². The Morgan fingerprint density at radius 3 is 2.67 bits per heavy atom. The van der Waals surface area contributed by atoms with E-state index in [2.05, 4.69) is 22.2 Å².